The van der Waals surface area contributed by atoms with Crippen LogP contribution in [0, 0.1) is 0 Å². The number of benzene rings is 2. The van der Waals surface area contributed by atoms with Gasteiger partial charge in [-0.2, -0.15) is 0 Å². The van der Waals surface area contributed by atoms with Crippen molar-refractivity contribution >= 4 is 33.1 Å². The monoisotopic (exact) mass is 362 g/mol. The molecule has 0 saturated carbocycles. The van der Waals surface area contributed by atoms with Gasteiger partial charge in [-0.05, 0) is 55.2 Å². The topological polar surface area (TPSA) is 76.0 Å². The van der Waals surface area contributed by atoms with Crippen LogP contribution < -0.4 is 5.73 Å². The van der Waals surface area contributed by atoms with Gasteiger partial charge >= 0.3 is 0 Å². The highest BCUT2D eigenvalue weighted by molar-refractivity contribution is 7.91. The van der Waals surface area contributed by atoms with Crippen molar-refractivity contribution in [2.45, 2.75) is 35.1 Å². The second kappa shape index (κ2) is 6.24. The van der Waals surface area contributed by atoms with Gasteiger partial charge in [0.25, 0.3) is 0 Å². The predicted molar refractivity (Wildman–Crippen MR) is 97.4 cm³/mol. The minimum absolute atomic E-state index is 0. The maximum absolute atomic E-state index is 12.8. The van der Waals surface area contributed by atoms with Gasteiger partial charge in [0.1, 0.15) is 0 Å². The van der Waals surface area contributed by atoms with Crippen LogP contribution in [0.3, 0.4) is 0 Å². The van der Waals surface area contributed by atoms with E-state index in [1.165, 1.54) is 11.3 Å². The number of aromatic nitrogens is 1. The molecule has 1 atom stereocenters. The van der Waals surface area contributed by atoms with E-state index in [4.69, 9.17) is 5.73 Å². The van der Waals surface area contributed by atoms with Gasteiger partial charge in [0.2, 0.25) is 9.84 Å². The van der Waals surface area contributed by atoms with Crippen molar-refractivity contribution in [1.29, 1.82) is 0 Å². The minimum atomic E-state index is -3.49. The smallest absolute Gasteiger partial charge is 0.206 e. The third-order valence-corrected chi connectivity index (χ3v) is 6.33. The van der Waals surface area contributed by atoms with Crippen LogP contribution in [0.25, 0.3) is 10.9 Å². The van der Waals surface area contributed by atoms with Gasteiger partial charge < -0.3 is 10.7 Å². The third-order valence-electron chi connectivity index (χ3n) is 4.56. The Morgan fingerprint density at radius 3 is 2.54 bits per heavy atom. The molecule has 1 aliphatic carbocycles. The van der Waals surface area contributed by atoms with Crippen LogP contribution in [-0.4, -0.2) is 19.4 Å². The fraction of sp³-hybridized carbons (Fsp3) is 0.222. The molecular weight excluding hydrogens is 344 g/mol. The van der Waals surface area contributed by atoms with E-state index in [1.807, 2.05) is 12.1 Å². The first kappa shape index (κ1) is 17.0. The SMILES string of the molecule is Cl.NC1CCc2[nH]c3ccc(S(=O)(=O)c4ccccc4)cc3c2C1. The first-order valence-electron chi connectivity index (χ1n) is 7.75. The zero-order valence-electron chi connectivity index (χ0n) is 13.0. The van der Waals surface area contributed by atoms with Crippen LogP contribution in [0.4, 0.5) is 0 Å². The molecule has 1 heterocycles. The average molecular weight is 363 g/mol. The van der Waals surface area contributed by atoms with E-state index in [0.29, 0.717) is 9.79 Å². The molecule has 2 aromatic carbocycles. The molecule has 4 rings (SSSR count). The molecule has 0 amide bonds. The van der Waals surface area contributed by atoms with Gasteiger partial charge in [-0.1, -0.05) is 18.2 Å². The van der Waals surface area contributed by atoms with E-state index >= 15 is 0 Å². The summed E-state index contributed by atoms with van der Waals surface area (Å²) in [4.78, 5) is 4.06. The van der Waals surface area contributed by atoms with E-state index in [0.717, 1.165) is 30.2 Å². The van der Waals surface area contributed by atoms with Crippen molar-refractivity contribution in [2.24, 2.45) is 5.73 Å². The number of rotatable bonds is 2. The van der Waals surface area contributed by atoms with Gasteiger partial charge in [-0.15, -0.1) is 12.4 Å². The normalized spacial score (nSPS) is 17.3. The summed E-state index contributed by atoms with van der Waals surface area (Å²) in [7, 11) is -3.49. The molecule has 126 valence electrons. The van der Waals surface area contributed by atoms with E-state index in [-0.39, 0.29) is 18.4 Å². The molecule has 4 nitrogen and oxygen atoms in total. The summed E-state index contributed by atoms with van der Waals surface area (Å²) in [5.41, 5.74) is 9.43. The predicted octanol–water partition coefficient (Wildman–Crippen LogP) is 3.24. The van der Waals surface area contributed by atoms with Crippen LogP contribution in [0.5, 0.6) is 0 Å². The number of sulfone groups is 1. The Kier molecular flexibility index (Phi) is 4.42. The third kappa shape index (κ3) is 2.73. The second-order valence-corrected chi connectivity index (χ2v) is 8.06. The van der Waals surface area contributed by atoms with Gasteiger partial charge in [0, 0.05) is 22.6 Å². The minimum Gasteiger partial charge on any atom is -0.358 e. The molecule has 1 aliphatic rings. The quantitative estimate of drug-likeness (QED) is 0.734. The van der Waals surface area contributed by atoms with Crippen LogP contribution in [0.2, 0.25) is 0 Å². The van der Waals surface area contributed by atoms with Gasteiger partial charge in [-0.3, -0.25) is 0 Å². The summed E-state index contributed by atoms with van der Waals surface area (Å²) in [6.07, 6.45) is 2.69. The molecule has 24 heavy (non-hydrogen) atoms. The summed E-state index contributed by atoms with van der Waals surface area (Å²) < 4.78 is 25.6. The Labute approximate surface area is 147 Å². The summed E-state index contributed by atoms with van der Waals surface area (Å²) in [6, 6.07) is 14.0. The first-order chi connectivity index (χ1) is 11.1. The van der Waals surface area contributed by atoms with Gasteiger partial charge in [-0.25, -0.2) is 8.42 Å². The number of hydrogen-bond acceptors (Lipinski definition) is 3. The van der Waals surface area contributed by atoms with Crippen LogP contribution in [0.15, 0.2) is 58.3 Å². The molecule has 1 unspecified atom stereocenters. The lowest BCUT2D eigenvalue weighted by Gasteiger charge is -2.18. The van der Waals surface area contributed by atoms with Gasteiger partial charge in [0.05, 0.1) is 9.79 Å². The molecule has 0 fully saturated rings. The van der Waals surface area contributed by atoms with E-state index in [2.05, 4.69) is 4.98 Å². The van der Waals surface area contributed by atoms with Crippen molar-refractivity contribution in [3.8, 4) is 0 Å². The Morgan fingerprint density at radius 1 is 1.04 bits per heavy atom. The maximum Gasteiger partial charge on any atom is 0.206 e. The first-order valence-corrected chi connectivity index (χ1v) is 9.23. The number of nitrogens with two attached hydrogens (primary N) is 1. The lowest BCUT2D eigenvalue weighted by atomic mass is 9.92. The maximum atomic E-state index is 12.8. The molecule has 0 aliphatic heterocycles. The van der Waals surface area contributed by atoms with Crippen molar-refractivity contribution < 1.29 is 8.42 Å². The number of aryl methyl sites for hydroxylation is 1. The molecule has 1 aromatic heterocycles. The number of aromatic amines is 1. The molecule has 6 heteroatoms. The number of nitrogens with one attached hydrogen (secondary N) is 1. The molecule has 0 radical (unpaired) electrons. The van der Waals surface area contributed by atoms with E-state index in [9.17, 15) is 8.42 Å². The number of H-pyrrole nitrogens is 1. The summed E-state index contributed by atoms with van der Waals surface area (Å²) >= 11 is 0. The van der Waals surface area contributed by atoms with Crippen LogP contribution >= 0.6 is 12.4 Å². The molecular formula is C18H19ClN2O2S. The summed E-state index contributed by atoms with van der Waals surface area (Å²) in [6.45, 7) is 0. The zero-order valence-corrected chi connectivity index (χ0v) is 14.7. The summed E-state index contributed by atoms with van der Waals surface area (Å²) in [5, 5.41) is 0.979. The lowest BCUT2D eigenvalue weighted by molar-refractivity contribution is 0.574. The fourth-order valence-electron chi connectivity index (χ4n) is 3.33. The Hall–Kier alpha value is -1.82. The van der Waals surface area contributed by atoms with Crippen LogP contribution in [-0.2, 0) is 22.7 Å². The van der Waals surface area contributed by atoms with Crippen molar-refractivity contribution in [3.05, 3.63) is 59.8 Å². The standard InChI is InChI=1S/C18H18N2O2S.ClH/c19-12-6-8-17-15(10-12)16-11-14(7-9-18(16)20-17)23(21,22)13-4-2-1-3-5-13;/h1-5,7,9,11-12,20H,6,8,10,19H2;1H. The fourth-order valence-corrected chi connectivity index (χ4v) is 4.63. The number of hydrogen-bond donors (Lipinski definition) is 2. The Bertz CT molecular complexity index is 981. The highest BCUT2D eigenvalue weighted by Gasteiger charge is 2.23. The highest BCUT2D eigenvalue weighted by atomic mass is 35.5. The molecule has 0 saturated heterocycles. The Morgan fingerprint density at radius 2 is 1.79 bits per heavy atom. The average Bonchev–Trinajstić information content (AvgIpc) is 2.93. The second-order valence-electron chi connectivity index (χ2n) is 6.11. The number of halogens is 1. The molecule has 3 aromatic rings. The van der Waals surface area contributed by atoms with Gasteiger partial charge in [0.15, 0.2) is 0 Å². The van der Waals surface area contributed by atoms with Crippen LogP contribution in [0.1, 0.15) is 17.7 Å². The highest BCUT2D eigenvalue weighted by Crippen LogP contribution is 2.31. The zero-order chi connectivity index (χ0) is 16.0. The molecule has 0 spiro atoms. The van der Waals surface area contributed by atoms with Crippen molar-refractivity contribution in [1.82, 2.24) is 4.98 Å². The largest absolute Gasteiger partial charge is 0.358 e. The Balaban J connectivity index is 0.00000169. The summed E-state index contributed by atoms with van der Waals surface area (Å²) in [5.74, 6) is 0. The molecule has 0 bridgehead atoms. The lowest BCUT2D eigenvalue weighted by Crippen LogP contribution is -2.27. The van der Waals surface area contributed by atoms with Crippen molar-refractivity contribution in [3.63, 3.8) is 0 Å². The molecule has 3 N–H and O–H groups in total. The van der Waals surface area contributed by atoms with E-state index in [1.54, 1.807) is 36.4 Å². The van der Waals surface area contributed by atoms with Crippen molar-refractivity contribution in [2.75, 3.05) is 0 Å². The van der Waals surface area contributed by atoms with E-state index < -0.39 is 9.84 Å². The number of fused-ring (bicyclic) bond motifs is 3.